The maximum Gasteiger partial charge on any atom is 0.199 e. The molecule has 0 aromatic heterocycles. The highest BCUT2D eigenvalue weighted by Gasteiger charge is 2.15. The summed E-state index contributed by atoms with van der Waals surface area (Å²) in [5.41, 5.74) is 2.21. The lowest BCUT2D eigenvalue weighted by Gasteiger charge is -2.07. The lowest BCUT2D eigenvalue weighted by atomic mass is 10.1. The number of hydrogen-bond donors (Lipinski definition) is 0. The summed E-state index contributed by atoms with van der Waals surface area (Å²) < 4.78 is 11.3. The molecule has 0 spiro atoms. The molecule has 0 saturated carbocycles. The predicted octanol–water partition coefficient (Wildman–Crippen LogP) is 4.13. The van der Waals surface area contributed by atoms with Crippen LogP contribution in [-0.2, 0) is 6.42 Å². The average molecular weight is 332 g/mol. The monoisotopic (exact) mass is 331 g/mol. The van der Waals surface area contributed by atoms with E-state index in [1.54, 1.807) is 0 Å². The predicted molar refractivity (Wildman–Crippen MR) is 83.6 cm³/mol. The van der Waals surface area contributed by atoms with E-state index in [0.717, 1.165) is 34.8 Å². The van der Waals surface area contributed by atoms with E-state index in [-0.39, 0.29) is 0 Å². The Bertz CT molecular complexity index is 623. The van der Waals surface area contributed by atoms with Gasteiger partial charge in [0.05, 0.1) is 18.7 Å². The van der Waals surface area contributed by atoms with E-state index in [9.17, 15) is 0 Å². The number of ether oxygens (including phenoxy) is 2. The van der Waals surface area contributed by atoms with Gasteiger partial charge >= 0.3 is 0 Å². The summed E-state index contributed by atoms with van der Waals surface area (Å²) in [6, 6.07) is 15.7. The van der Waals surface area contributed by atoms with Crippen LogP contribution >= 0.6 is 15.9 Å². The number of halogens is 1. The largest absolute Gasteiger partial charge is 0.493 e. The van der Waals surface area contributed by atoms with Crippen molar-refractivity contribution in [1.29, 1.82) is 0 Å². The molecule has 0 radical (unpaired) electrons. The summed E-state index contributed by atoms with van der Waals surface area (Å²) in [5.74, 6) is 2.36. The van der Waals surface area contributed by atoms with Crippen molar-refractivity contribution >= 4 is 27.5 Å². The van der Waals surface area contributed by atoms with Crippen LogP contribution in [0.2, 0.25) is 0 Å². The van der Waals surface area contributed by atoms with Gasteiger partial charge in [0.1, 0.15) is 11.5 Å². The molecule has 102 valence electrons. The second-order valence-electron chi connectivity index (χ2n) is 4.42. The lowest BCUT2D eigenvalue weighted by molar-refractivity contribution is 0.344. The van der Waals surface area contributed by atoms with Gasteiger partial charge in [-0.2, -0.15) is 0 Å². The number of benzene rings is 2. The molecule has 0 fully saturated rings. The van der Waals surface area contributed by atoms with Crippen molar-refractivity contribution in [3.63, 3.8) is 0 Å². The smallest absolute Gasteiger partial charge is 0.199 e. The van der Waals surface area contributed by atoms with Gasteiger partial charge < -0.3 is 9.47 Å². The second kappa shape index (κ2) is 6.09. The zero-order valence-corrected chi connectivity index (χ0v) is 12.5. The molecule has 0 saturated heterocycles. The van der Waals surface area contributed by atoms with E-state index in [0.29, 0.717) is 6.61 Å². The standard InChI is InChI=1S/C16H14BrNO2/c17-9-10-19-13-5-7-14(8-6-13)20-16-11-12-3-1-2-4-15(12)18-16/h1-8H,9-11H2. The Kier molecular flexibility index (Phi) is 4.02. The molecular formula is C16H14BrNO2. The van der Waals surface area contributed by atoms with Crippen LogP contribution in [0.15, 0.2) is 53.5 Å². The van der Waals surface area contributed by atoms with Crippen molar-refractivity contribution in [2.24, 2.45) is 4.99 Å². The van der Waals surface area contributed by atoms with Gasteiger partial charge in [-0.05, 0) is 35.9 Å². The highest BCUT2D eigenvalue weighted by atomic mass is 79.9. The topological polar surface area (TPSA) is 30.8 Å². The first-order valence-electron chi connectivity index (χ1n) is 6.47. The van der Waals surface area contributed by atoms with Crippen LogP contribution < -0.4 is 9.47 Å². The lowest BCUT2D eigenvalue weighted by Crippen LogP contribution is -2.07. The summed E-state index contributed by atoms with van der Waals surface area (Å²) in [7, 11) is 0. The van der Waals surface area contributed by atoms with Gasteiger partial charge in [-0.25, -0.2) is 4.99 Å². The quantitative estimate of drug-likeness (QED) is 0.789. The molecule has 0 unspecified atom stereocenters. The number of para-hydroxylation sites is 1. The minimum atomic E-state index is 0.655. The van der Waals surface area contributed by atoms with E-state index in [1.807, 2.05) is 42.5 Å². The fourth-order valence-corrected chi connectivity index (χ4v) is 2.22. The van der Waals surface area contributed by atoms with Crippen LogP contribution in [0.4, 0.5) is 5.69 Å². The molecule has 0 aliphatic carbocycles. The Labute approximate surface area is 126 Å². The van der Waals surface area contributed by atoms with Crippen molar-refractivity contribution in [2.45, 2.75) is 6.42 Å². The third-order valence-electron chi connectivity index (χ3n) is 2.98. The number of nitrogens with zero attached hydrogens (tertiary/aromatic N) is 1. The summed E-state index contributed by atoms with van der Waals surface area (Å²) in [6.07, 6.45) is 0.748. The van der Waals surface area contributed by atoms with Crippen LogP contribution in [0.5, 0.6) is 11.5 Å². The molecule has 1 aliphatic heterocycles. The number of rotatable bonds is 4. The fourth-order valence-electron chi connectivity index (χ4n) is 2.06. The van der Waals surface area contributed by atoms with Crippen molar-refractivity contribution in [3.8, 4) is 11.5 Å². The van der Waals surface area contributed by atoms with Crippen LogP contribution in [0.3, 0.4) is 0 Å². The molecule has 20 heavy (non-hydrogen) atoms. The molecular weight excluding hydrogens is 318 g/mol. The van der Waals surface area contributed by atoms with Gasteiger partial charge in [-0.15, -0.1) is 0 Å². The number of aliphatic imine (C=N–C) groups is 1. The van der Waals surface area contributed by atoms with Gasteiger partial charge in [0.15, 0.2) is 5.90 Å². The molecule has 2 aromatic rings. The van der Waals surface area contributed by atoms with Gasteiger partial charge in [0, 0.05) is 5.33 Å². The molecule has 1 heterocycles. The zero-order chi connectivity index (χ0) is 13.8. The van der Waals surface area contributed by atoms with E-state index < -0.39 is 0 Å². The van der Waals surface area contributed by atoms with Gasteiger partial charge in [0.25, 0.3) is 0 Å². The molecule has 0 atom stereocenters. The Morgan fingerprint density at radius 1 is 1.00 bits per heavy atom. The molecule has 1 aliphatic rings. The summed E-state index contributed by atoms with van der Waals surface area (Å²) in [4.78, 5) is 4.48. The third-order valence-corrected chi connectivity index (χ3v) is 3.31. The highest BCUT2D eigenvalue weighted by Crippen LogP contribution is 2.27. The summed E-state index contributed by atoms with van der Waals surface area (Å²) in [5, 5.41) is 0.820. The molecule has 3 rings (SSSR count). The molecule has 0 bridgehead atoms. The average Bonchev–Trinajstić information content (AvgIpc) is 2.89. The SMILES string of the molecule is BrCCOc1ccc(OC2=Nc3ccccc3C2)cc1. The van der Waals surface area contributed by atoms with Crippen molar-refractivity contribution < 1.29 is 9.47 Å². The minimum Gasteiger partial charge on any atom is -0.493 e. The molecule has 0 N–H and O–H groups in total. The fraction of sp³-hybridized carbons (Fsp3) is 0.188. The van der Waals surface area contributed by atoms with E-state index in [2.05, 4.69) is 27.0 Å². The van der Waals surface area contributed by atoms with Crippen LogP contribution in [0, 0.1) is 0 Å². The summed E-state index contributed by atoms with van der Waals surface area (Å²) in [6.45, 7) is 0.655. The Morgan fingerprint density at radius 2 is 1.75 bits per heavy atom. The Morgan fingerprint density at radius 3 is 2.50 bits per heavy atom. The Hall–Kier alpha value is -1.81. The maximum absolute atomic E-state index is 5.80. The summed E-state index contributed by atoms with van der Waals surface area (Å²) >= 11 is 3.33. The van der Waals surface area contributed by atoms with Crippen molar-refractivity contribution in [3.05, 3.63) is 54.1 Å². The minimum absolute atomic E-state index is 0.655. The maximum atomic E-state index is 5.80. The first-order valence-corrected chi connectivity index (χ1v) is 7.59. The van der Waals surface area contributed by atoms with Crippen molar-refractivity contribution in [2.75, 3.05) is 11.9 Å². The zero-order valence-electron chi connectivity index (χ0n) is 10.9. The second-order valence-corrected chi connectivity index (χ2v) is 5.21. The first kappa shape index (κ1) is 13.2. The normalized spacial score (nSPS) is 12.8. The van der Waals surface area contributed by atoms with Crippen LogP contribution in [0.25, 0.3) is 0 Å². The third kappa shape index (κ3) is 3.02. The van der Waals surface area contributed by atoms with E-state index >= 15 is 0 Å². The first-order chi connectivity index (χ1) is 9.85. The Balaban J connectivity index is 1.65. The number of fused-ring (bicyclic) bond motifs is 1. The van der Waals surface area contributed by atoms with Gasteiger partial charge in [0.2, 0.25) is 0 Å². The van der Waals surface area contributed by atoms with Crippen LogP contribution in [0.1, 0.15) is 5.56 Å². The molecule has 3 nitrogen and oxygen atoms in total. The van der Waals surface area contributed by atoms with Crippen molar-refractivity contribution in [1.82, 2.24) is 0 Å². The highest BCUT2D eigenvalue weighted by molar-refractivity contribution is 9.09. The van der Waals surface area contributed by atoms with E-state index in [1.165, 1.54) is 5.56 Å². The molecule has 4 heteroatoms. The van der Waals surface area contributed by atoms with Gasteiger partial charge in [-0.1, -0.05) is 34.1 Å². The molecule has 2 aromatic carbocycles. The van der Waals surface area contributed by atoms with E-state index in [4.69, 9.17) is 9.47 Å². The van der Waals surface area contributed by atoms with Gasteiger partial charge in [-0.3, -0.25) is 0 Å². The molecule has 0 amide bonds. The number of alkyl halides is 1. The van der Waals surface area contributed by atoms with Crippen LogP contribution in [-0.4, -0.2) is 17.8 Å². The number of hydrogen-bond acceptors (Lipinski definition) is 3.